The van der Waals surface area contributed by atoms with Gasteiger partial charge in [0.25, 0.3) is 0 Å². The Bertz CT molecular complexity index is 586. The van der Waals surface area contributed by atoms with Crippen molar-refractivity contribution in [3.8, 4) is 0 Å². The van der Waals surface area contributed by atoms with Crippen molar-refractivity contribution in [1.29, 1.82) is 0 Å². The van der Waals surface area contributed by atoms with Gasteiger partial charge in [0.1, 0.15) is 0 Å². The maximum absolute atomic E-state index is 11.6. The van der Waals surface area contributed by atoms with Gasteiger partial charge in [0.05, 0.1) is 0 Å². The van der Waals surface area contributed by atoms with E-state index in [4.69, 9.17) is 0 Å². The van der Waals surface area contributed by atoms with Gasteiger partial charge in [-0.25, -0.2) is 4.79 Å². The van der Waals surface area contributed by atoms with E-state index in [9.17, 15) is 4.79 Å². The van der Waals surface area contributed by atoms with E-state index in [0.29, 0.717) is 6.04 Å². The van der Waals surface area contributed by atoms with Gasteiger partial charge in [-0.15, -0.1) is 0 Å². The number of fused-ring (bicyclic) bond motifs is 1. The van der Waals surface area contributed by atoms with E-state index >= 15 is 0 Å². The van der Waals surface area contributed by atoms with E-state index in [1.165, 1.54) is 22.9 Å². The molecule has 3 rings (SSSR count). The highest BCUT2D eigenvalue weighted by atomic mass is 16.2. The number of hydrogen-bond acceptors (Lipinski definition) is 1. The highest BCUT2D eigenvalue weighted by Gasteiger charge is 2.18. The molecule has 3 N–H and O–H groups in total. The van der Waals surface area contributed by atoms with Crippen molar-refractivity contribution >= 4 is 16.9 Å². The lowest BCUT2D eigenvalue weighted by Gasteiger charge is -2.26. The molecule has 0 aliphatic heterocycles. The molecule has 1 heterocycles. The highest BCUT2D eigenvalue weighted by molar-refractivity contribution is 5.83. The Labute approximate surface area is 118 Å². The number of benzene rings is 1. The van der Waals surface area contributed by atoms with E-state index in [1.807, 2.05) is 6.07 Å². The van der Waals surface area contributed by atoms with Crippen LogP contribution in [0.25, 0.3) is 10.9 Å². The van der Waals surface area contributed by atoms with Crippen LogP contribution in [0.3, 0.4) is 0 Å². The summed E-state index contributed by atoms with van der Waals surface area (Å²) in [4.78, 5) is 14.9. The van der Waals surface area contributed by atoms with Gasteiger partial charge in [0.15, 0.2) is 0 Å². The van der Waals surface area contributed by atoms with Crippen LogP contribution >= 0.6 is 0 Å². The highest BCUT2D eigenvalue weighted by Crippen LogP contribution is 2.19. The normalized spacial score (nSPS) is 15.0. The lowest BCUT2D eigenvalue weighted by atomic mass is 9.93. The first-order chi connectivity index (χ1) is 9.83. The van der Waals surface area contributed by atoms with Gasteiger partial charge in [0.2, 0.25) is 0 Å². The third-order valence-corrected chi connectivity index (χ3v) is 4.02. The first-order valence-electron chi connectivity index (χ1n) is 7.42. The Hall–Kier alpha value is -1.97. The molecule has 1 aromatic heterocycles. The van der Waals surface area contributed by atoms with Crippen LogP contribution < -0.4 is 10.6 Å². The third kappa shape index (κ3) is 2.95. The summed E-state index contributed by atoms with van der Waals surface area (Å²) in [7, 11) is 0. The fourth-order valence-electron chi connectivity index (χ4n) is 2.61. The Morgan fingerprint density at radius 3 is 2.95 bits per heavy atom. The van der Waals surface area contributed by atoms with Crippen LogP contribution in [-0.2, 0) is 6.42 Å². The number of aromatic amines is 1. The van der Waals surface area contributed by atoms with Gasteiger partial charge >= 0.3 is 6.03 Å². The first kappa shape index (κ1) is 13.0. The predicted molar refractivity (Wildman–Crippen MR) is 80.8 cm³/mol. The molecule has 0 atom stereocenters. The van der Waals surface area contributed by atoms with Crippen LogP contribution in [0.15, 0.2) is 30.5 Å². The lowest BCUT2D eigenvalue weighted by Crippen LogP contribution is -2.45. The Balaban J connectivity index is 1.42. The van der Waals surface area contributed by atoms with Gasteiger partial charge in [-0.3, -0.25) is 0 Å². The van der Waals surface area contributed by atoms with Crippen LogP contribution in [0.2, 0.25) is 0 Å². The smallest absolute Gasteiger partial charge is 0.315 e. The summed E-state index contributed by atoms with van der Waals surface area (Å²) in [5.41, 5.74) is 2.50. The lowest BCUT2D eigenvalue weighted by molar-refractivity contribution is 0.228. The van der Waals surface area contributed by atoms with Crippen LogP contribution in [0.1, 0.15) is 31.2 Å². The van der Waals surface area contributed by atoms with Crippen LogP contribution in [0.4, 0.5) is 4.79 Å². The van der Waals surface area contributed by atoms with Gasteiger partial charge in [-0.2, -0.15) is 0 Å². The molecule has 20 heavy (non-hydrogen) atoms. The predicted octanol–water partition coefficient (Wildman–Crippen LogP) is 2.95. The number of aromatic nitrogens is 1. The number of H-pyrrole nitrogens is 1. The van der Waals surface area contributed by atoms with E-state index in [-0.39, 0.29) is 6.03 Å². The zero-order chi connectivity index (χ0) is 13.8. The summed E-state index contributed by atoms with van der Waals surface area (Å²) in [5, 5.41) is 7.20. The summed E-state index contributed by atoms with van der Waals surface area (Å²) < 4.78 is 0. The Morgan fingerprint density at radius 1 is 1.30 bits per heavy atom. The summed E-state index contributed by atoms with van der Waals surface area (Å²) >= 11 is 0. The van der Waals surface area contributed by atoms with Crippen molar-refractivity contribution in [2.24, 2.45) is 0 Å². The van der Waals surface area contributed by atoms with Crippen molar-refractivity contribution in [3.05, 3.63) is 36.0 Å². The average molecular weight is 271 g/mol. The molecule has 0 unspecified atom stereocenters. The molecule has 2 aromatic rings. The number of para-hydroxylation sites is 1. The van der Waals surface area contributed by atoms with Gasteiger partial charge in [-0.05, 0) is 43.7 Å². The minimum atomic E-state index is -0.0198. The van der Waals surface area contributed by atoms with Crippen molar-refractivity contribution < 1.29 is 4.79 Å². The van der Waals surface area contributed by atoms with Gasteiger partial charge in [-0.1, -0.05) is 18.2 Å². The van der Waals surface area contributed by atoms with Crippen molar-refractivity contribution in [2.75, 3.05) is 6.54 Å². The SMILES string of the molecule is O=C(NCCCc1c[nH]c2ccccc12)NC1CCC1. The molecule has 2 amide bonds. The molecule has 4 heteroatoms. The second-order valence-electron chi connectivity index (χ2n) is 5.49. The van der Waals surface area contributed by atoms with Crippen molar-refractivity contribution in [3.63, 3.8) is 0 Å². The third-order valence-electron chi connectivity index (χ3n) is 4.02. The first-order valence-corrected chi connectivity index (χ1v) is 7.42. The van der Waals surface area contributed by atoms with E-state index in [2.05, 4.69) is 40.0 Å². The summed E-state index contributed by atoms with van der Waals surface area (Å²) in [5.74, 6) is 0. The minimum Gasteiger partial charge on any atom is -0.361 e. The molecule has 1 saturated carbocycles. The van der Waals surface area contributed by atoms with E-state index < -0.39 is 0 Å². The number of amides is 2. The fraction of sp³-hybridized carbons (Fsp3) is 0.438. The van der Waals surface area contributed by atoms with Crippen LogP contribution in [-0.4, -0.2) is 23.6 Å². The molecule has 106 valence electrons. The second kappa shape index (κ2) is 5.99. The topological polar surface area (TPSA) is 56.9 Å². The second-order valence-corrected chi connectivity index (χ2v) is 5.49. The maximum atomic E-state index is 11.6. The molecule has 0 spiro atoms. The summed E-state index contributed by atoms with van der Waals surface area (Å²) in [6.07, 6.45) is 7.50. The van der Waals surface area contributed by atoms with E-state index in [1.54, 1.807) is 0 Å². The number of rotatable bonds is 5. The maximum Gasteiger partial charge on any atom is 0.315 e. The van der Waals surface area contributed by atoms with Gasteiger partial charge < -0.3 is 15.6 Å². The number of nitrogens with one attached hydrogen (secondary N) is 3. The zero-order valence-corrected chi connectivity index (χ0v) is 11.6. The molecule has 1 aliphatic carbocycles. The standard InChI is InChI=1S/C16H21N3O/c20-16(19-13-6-3-7-13)17-10-4-5-12-11-18-15-9-2-1-8-14(12)15/h1-2,8-9,11,13,18H,3-7,10H2,(H2,17,19,20). The zero-order valence-electron chi connectivity index (χ0n) is 11.6. The quantitative estimate of drug-likeness (QED) is 0.719. The summed E-state index contributed by atoms with van der Waals surface area (Å²) in [6, 6.07) is 8.71. The molecule has 0 radical (unpaired) electrons. The number of carbonyl (C=O) groups excluding carboxylic acids is 1. The average Bonchev–Trinajstić information content (AvgIpc) is 2.83. The molecular formula is C16H21N3O. The monoisotopic (exact) mass is 271 g/mol. The molecule has 1 fully saturated rings. The van der Waals surface area contributed by atoms with Crippen molar-refractivity contribution in [1.82, 2.24) is 15.6 Å². The number of urea groups is 1. The molecule has 4 nitrogen and oxygen atoms in total. The summed E-state index contributed by atoms with van der Waals surface area (Å²) in [6.45, 7) is 0.720. The largest absolute Gasteiger partial charge is 0.361 e. The Kier molecular flexibility index (Phi) is 3.90. The number of hydrogen-bond donors (Lipinski definition) is 3. The minimum absolute atomic E-state index is 0.0198. The fourth-order valence-corrected chi connectivity index (χ4v) is 2.61. The molecular weight excluding hydrogens is 250 g/mol. The molecule has 0 saturated heterocycles. The molecule has 0 bridgehead atoms. The number of aryl methyl sites for hydroxylation is 1. The van der Waals surface area contributed by atoms with Crippen LogP contribution in [0, 0.1) is 0 Å². The van der Waals surface area contributed by atoms with Crippen molar-refractivity contribution in [2.45, 2.75) is 38.1 Å². The Morgan fingerprint density at radius 2 is 2.15 bits per heavy atom. The van der Waals surface area contributed by atoms with Gasteiger partial charge in [0, 0.05) is 29.7 Å². The number of carbonyl (C=O) groups is 1. The molecule has 1 aromatic carbocycles. The van der Waals surface area contributed by atoms with E-state index in [0.717, 1.165) is 32.2 Å². The molecule has 1 aliphatic rings. The van der Waals surface area contributed by atoms with Crippen LogP contribution in [0.5, 0.6) is 0 Å².